The van der Waals surface area contributed by atoms with E-state index in [1.807, 2.05) is 0 Å². The van der Waals surface area contributed by atoms with Crippen LogP contribution >= 0.6 is 11.6 Å². The third-order valence-corrected chi connectivity index (χ3v) is 7.41. The molecule has 2 saturated heterocycles. The molecule has 3 rings (SSSR count). The second-order valence-corrected chi connectivity index (χ2v) is 9.32. The Morgan fingerprint density at radius 2 is 1.80 bits per heavy atom. The van der Waals surface area contributed by atoms with Crippen molar-refractivity contribution >= 4 is 33.6 Å². The summed E-state index contributed by atoms with van der Waals surface area (Å²) in [5, 5.41) is 1.96. The van der Waals surface area contributed by atoms with E-state index < -0.39 is 43.8 Å². The molecular weight excluding hydrogens is 449 g/mol. The second-order valence-electron chi connectivity index (χ2n) is 6.98. The van der Waals surface area contributed by atoms with Gasteiger partial charge in [0.1, 0.15) is 0 Å². The first kappa shape index (κ1) is 22.8. The fourth-order valence-corrected chi connectivity index (χ4v) is 5.10. The van der Waals surface area contributed by atoms with Crippen molar-refractivity contribution in [1.82, 2.24) is 19.4 Å². The molecule has 0 radical (unpaired) electrons. The molecule has 2 heterocycles. The van der Waals surface area contributed by atoms with E-state index in [9.17, 15) is 31.2 Å². The molecule has 8 nitrogen and oxygen atoms in total. The van der Waals surface area contributed by atoms with Crippen LogP contribution in [0, 0.1) is 0 Å². The molecule has 13 heteroatoms. The quantitative estimate of drug-likeness (QED) is 0.725. The number of nitrogens with one attached hydrogen (secondary N) is 1. The van der Waals surface area contributed by atoms with Gasteiger partial charge in [-0.15, -0.1) is 0 Å². The van der Waals surface area contributed by atoms with E-state index in [-0.39, 0.29) is 38.6 Å². The van der Waals surface area contributed by atoms with Gasteiger partial charge in [-0.25, -0.2) is 13.2 Å². The van der Waals surface area contributed by atoms with Gasteiger partial charge in [0, 0.05) is 39.3 Å². The number of halogens is 4. The van der Waals surface area contributed by atoms with E-state index in [2.05, 4.69) is 5.32 Å². The lowest BCUT2D eigenvalue weighted by Gasteiger charge is -2.37. The first-order valence-corrected chi connectivity index (χ1v) is 10.9. The smallest absolute Gasteiger partial charge is 0.336 e. The van der Waals surface area contributed by atoms with Crippen LogP contribution in [0.4, 0.5) is 18.0 Å². The Morgan fingerprint density at radius 1 is 1.17 bits per heavy atom. The van der Waals surface area contributed by atoms with Gasteiger partial charge < -0.3 is 5.32 Å². The molecule has 0 bridgehead atoms. The zero-order chi connectivity index (χ0) is 22.3. The topological polar surface area (TPSA) is 90.0 Å². The molecule has 0 aromatic heterocycles. The molecule has 0 aliphatic carbocycles. The number of piperazine rings is 1. The van der Waals surface area contributed by atoms with Crippen molar-refractivity contribution in [3.63, 3.8) is 0 Å². The van der Waals surface area contributed by atoms with Crippen molar-refractivity contribution < 1.29 is 31.2 Å². The first-order valence-electron chi connectivity index (χ1n) is 9.13. The molecule has 0 unspecified atom stereocenters. The maximum Gasteiger partial charge on any atom is 0.417 e. The number of benzene rings is 1. The lowest BCUT2D eigenvalue weighted by atomic mass is 10.2. The number of nitrogens with zero attached hydrogens (tertiary/aromatic N) is 3. The summed E-state index contributed by atoms with van der Waals surface area (Å²) in [4.78, 5) is 26.5. The molecule has 0 saturated carbocycles. The number of hydrogen-bond donors (Lipinski definition) is 1. The molecule has 2 aliphatic heterocycles. The van der Waals surface area contributed by atoms with Crippen LogP contribution in [0.2, 0.25) is 5.02 Å². The van der Waals surface area contributed by atoms with Crippen molar-refractivity contribution in [2.45, 2.75) is 24.0 Å². The molecule has 30 heavy (non-hydrogen) atoms. The summed E-state index contributed by atoms with van der Waals surface area (Å²) >= 11 is 5.57. The molecule has 1 aromatic carbocycles. The Labute approximate surface area is 176 Å². The van der Waals surface area contributed by atoms with Crippen LogP contribution < -0.4 is 5.32 Å². The fraction of sp³-hybridized carbons (Fsp3) is 0.529. The molecular formula is C17H20ClF3N4O4S. The number of imide groups is 1. The van der Waals surface area contributed by atoms with E-state index in [4.69, 9.17) is 11.6 Å². The molecule has 2 fully saturated rings. The number of sulfonamides is 1. The number of hydrogen-bond acceptors (Lipinski definition) is 5. The average molecular weight is 469 g/mol. The molecule has 1 N–H and O–H groups in total. The Kier molecular flexibility index (Phi) is 6.33. The van der Waals surface area contributed by atoms with Crippen LogP contribution in [0.25, 0.3) is 0 Å². The number of alkyl halides is 3. The predicted molar refractivity (Wildman–Crippen MR) is 101 cm³/mol. The van der Waals surface area contributed by atoms with Gasteiger partial charge in [0.15, 0.2) is 0 Å². The summed E-state index contributed by atoms with van der Waals surface area (Å²) in [5.41, 5.74) is -1.22. The van der Waals surface area contributed by atoms with Gasteiger partial charge in [0.2, 0.25) is 15.9 Å². The fourth-order valence-electron chi connectivity index (χ4n) is 3.43. The lowest BCUT2D eigenvalue weighted by molar-refractivity contribution is -0.137. The predicted octanol–water partition coefficient (Wildman–Crippen LogP) is 1.61. The minimum Gasteiger partial charge on any atom is -0.336 e. The van der Waals surface area contributed by atoms with Crippen LogP contribution in [0.15, 0.2) is 23.1 Å². The van der Waals surface area contributed by atoms with Gasteiger partial charge in [-0.1, -0.05) is 11.6 Å². The van der Waals surface area contributed by atoms with E-state index in [0.29, 0.717) is 12.6 Å². The van der Waals surface area contributed by atoms with Gasteiger partial charge in [0.25, 0.3) is 0 Å². The van der Waals surface area contributed by atoms with E-state index in [1.54, 1.807) is 11.8 Å². The Balaban J connectivity index is 1.70. The summed E-state index contributed by atoms with van der Waals surface area (Å²) in [6.45, 7) is 2.67. The Hall–Kier alpha value is -1.89. The van der Waals surface area contributed by atoms with Crippen molar-refractivity contribution in [1.29, 1.82) is 0 Å². The Bertz CT molecular complexity index is 949. The molecule has 1 atom stereocenters. The molecule has 1 aromatic rings. The van der Waals surface area contributed by atoms with Gasteiger partial charge in [-0.2, -0.15) is 17.5 Å². The number of carbonyl (C=O) groups is 2. The maximum atomic E-state index is 13.1. The number of urea groups is 1. The molecule has 2 aliphatic rings. The summed E-state index contributed by atoms with van der Waals surface area (Å²) in [5.74, 6) is -0.381. The van der Waals surface area contributed by atoms with E-state index >= 15 is 0 Å². The monoisotopic (exact) mass is 468 g/mol. The second kappa shape index (κ2) is 8.33. The zero-order valence-electron chi connectivity index (χ0n) is 15.9. The van der Waals surface area contributed by atoms with Crippen molar-refractivity contribution in [2.75, 3.05) is 39.3 Å². The highest BCUT2D eigenvalue weighted by Gasteiger charge is 2.38. The van der Waals surface area contributed by atoms with Crippen LogP contribution in [0.5, 0.6) is 0 Å². The molecule has 3 amide bonds. The highest BCUT2D eigenvalue weighted by Crippen LogP contribution is 2.36. The van der Waals surface area contributed by atoms with Crippen molar-refractivity contribution in [3.8, 4) is 0 Å². The van der Waals surface area contributed by atoms with Gasteiger partial charge in [0.05, 0.1) is 21.5 Å². The van der Waals surface area contributed by atoms with Crippen LogP contribution in [-0.4, -0.2) is 79.8 Å². The first-order chi connectivity index (χ1) is 13.9. The van der Waals surface area contributed by atoms with E-state index in [0.717, 1.165) is 21.3 Å². The highest BCUT2D eigenvalue weighted by molar-refractivity contribution is 7.89. The van der Waals surface area contributed by atoms with Crippen molar-refractivity contribution in [2.24, 2.45) is 0 Å². The van der Waals surface area contributed by atoms with E-state index in [1.165, 1.54) is 0 Å². The lowest BCUT2D eigenvalue weighted by Crippen LogP contribution is -2.55. The minimum atomic E-state index is -4.78. The van der Waals surface area contributed by atoms with Gasteiger partial charge in [-0.05, 0) is 25.1 Å². The van der Waals surface area contributed by atoms with Crippen LogP contribution in [0.1, 0.15) is 12.5 Å². The zero-order valence-corrected chi connectivity index (χ0v) is 17.5. The van der Waals surface area contributed by atoms with Crippen molar-refractivity contribution in [3.05, 3.63) is 28.8 Å². The average Bonchev–Trinajstić information content (AvgIpc) is 3.12. The number of carbonyl (C=O) groups excluding carboxylic acids is 2. The largest absolute Gasteiger partial charge is 0.417 e. The van der Waals surface area contributed by atoms with Gasteiger partial charge >= 0.3 is 12.2 Å². The third-order valence-electron chi connectivity index (χ3n) is 5.18. The summed E-state index contributed by atoms with van der Waals surface area (Å²) in [6.07, 6.45) is -4.78. The summed E-state index contributed by atoms with van der Waals surface area (Å²) < 4.78 is 65.9. The Morgan fingerprint density at radius 3 is 2.33 bits per heavy atom. The highest BCUT2D eigenvalue weighted by atomic mass is 35.5. The van der Waals surface area contributed by atoms with Gasteiger partial charge in [-0.3, -0.25) is 14.6 Å². The maximum absolute atomic E-state index is 13.1. The summed E-state index contributed by atoms with van der Waals surface area (Å²) in [7, 11) is -4.17. The standard InChI is InChI=1S/C17H20ClF3N4O4S/c1-11(15(26)25-5-4-22-16(25)27)23-6-8-24(9-7-23)30(28,29)12-2-3-14(18)13(10-12)17(19,20)21/h2-3,10-11H,4-9H2,1H3,(H,22,27)/t11-/m0/s1. The van der Waals surface area contributed by atoms with Crippen LogP contribution in [-0.2, 0) is 21.0 Å². The van der Waals surface area contributed by atoms with Crippen LogP contribution in [0.3, 0.4) is 0 Å². The minimum absolute atomic E-state index is 0.00384. The SMILES string of the molecule is C[C@@H](C(=O)N1CCNC1=O)N1CCN(S(=O)(=O)c2ccc(Cl)c(C(F)(F)F)c2)CC1. The molecule has 0 spiro atoms. The number of amides is 3. The molecule has 166 valence electrons. The number of rotatable bonds is 4. The summed E-state index contributed by atoms with van der Waals surface area (Å²) in [6, 6.07) is 1.39. The normalized spacial score (nSPS) is 20.3. The third kappa shape index (κ3) is 4.41.